The van der Waals surface area contributed by atoms with Crippen LogP contribution < -0.4 is 5.32 Å². The molecule has 19 heavy (non-hydrogen) atoms. The Bertz CT molecular complexity index is 297. The average Bonchev–Trinajstić information content (AvgIpc) is 2.80. The summed E-state index contributed by atoms with van der Waals surface area (Å²) in [6, 6.07) is 3.09. The topological polar surface area (TPSA) is 42.3 Å². The highest BCUT2D eigenvalue weighted by atomic mass is 15.2. The van der Waals surface area contributed by atoms with E-state index in [1.807, 2.05) is 0 Å². The van der Waals surface area contributed by atoms with E-state index < -0.39 is 0 Å². The number of hydrogen-bond acceptors (Lipinski definition) is 4. The van der Waals surface area contributed by atoms with Crippen molar-refractivity contribution >= 4 is 0 Å². The molecule has 1 aliphatic rings. The van der Waals surface area contributed by atoms with Gasteiger partial charge in [-0.1, -0.05) is 13.8 Å². The first-order valence-electron chi connectivity index (χ1n) is 7.62. The molecule has 0 aromatic heterocycles. The van der Waals surface area contributed by atoms with E-state index in [2.05, 4.69) is 49.1 Å². The van der Waals surface area contributed by atoms with Gasteiger partial charge in [-0.15, -0.1) is 0 Å². The molecule has 0 saturated heterocycles. The largest absolute Gasteiger partial charge is 0.309 e. The fourth-order valence-electron chi connectivity index (χ4n) is 3.16. The minimum Gasteiger partial charge on any atom is -0.309 e. The van der Waals surface area contributed by atoms with Crippen molar-refractivity contribution in [2.75, 3.05) is 40.3 Å². The van der Waals surface area contributed by atoms with Gasteiger partial charge in [-0.05, 0) is 66.0 Å². The Labute approximate surface area is 118 Å². The van der Waals surface area contributed by atoms with E-state index in [1.165, 1.54) is 6.42 Å². The molecule has 0 bridgehead atoms. The SMILES string of the molecule is CCNC1(C#N)CCC(N(CC)CCCN(C)C)C1. The smallest absolute Gasteiger partial charge is 0.108 e. The van der Waals surface area contributed by atoms with Crippen LogP contribution in [0.3, 0.4) is 0 Å². The Hall–Kier alpha value is -0.630. The summed E-state index contributed by atoms with van der Waals surface area (Å²) in [6.07, 6.45) is 4.33. The van der Waals surface area contributed by atoms with E-state index in [0.717, 1.165) is 45.4 Å². The molecule has 0 amide bonds. The molecule has 2 unspecified atom stereocenters. The molecule has 0 aromatic carbocycles. The van der Waals surface area contributed by atoms with Crippen molar-refractivity contribution in [3.63, 3.8) is 0 Å². The molecule has 0 radical (unpaired) electrons. The number of nitrogens with zero attached hydrogens (tertiary/aromatic N) is 3. The monoisotopic (exact) mass is 266 g/mol. The zero-order valence-electron chi connectivity index (χ0n) is 13.1. The van der Waals surface area contributed by atoms with E-state index in [4.69, 9.17) is 0 Å². The molecule has 4 nitrogen and oxygen atoms in total. The lowest BCUT2D eigenvalue weighted by atomic mass is 9.99. The van der Waals surface area contributed by atoms with Crippen molar-refractivity contribution in [2.24, 2.45) is 0 Å². The molecular weight excluding hydrogens is 236 g/mol. The molecule has 1 aliphatic carbocycles. The van der Waals surface area contributed by atoms with Gasteiger partial charge >= 0.3 is 0 Å². The van der Waals surface area contributed by atoms with Crippen molar-refractivity contribution < 1.29 is 0 Å². The molecule has 0 aliphatic heterocycles. The predicted octanol–water partition coefficient (Wildman–Crippen LogP) is 1.68. The maximum atomic E-state index is 9.43. The zero-order valence-corrected chi connectivity index (χ0v) is 13.1. The van der Waals surface area contributed by atoms with Gasteiger partial charge in [0.05, 0.1) is 6.07 Å². The van der Waals surface area contributed by atoms with E-state index in [1.54, 1.807) is 0 Å². The van der Waals surface area contributed by atoms with Crippen LogP contribution in [-0.2, 0) is 0 Å². The van der Waals surface area contributed by atoms with Gasteiger partial charge in [0, 0.05) is 6.04 Å². The Morgan fingerprint density at radius 2 is 2.05 bits per heavy atom. The van der Waals surface area contributed by atoms with Crippen LogP contribution in [0.4, 0.5) is 0 Å². The molecule has 1 fully saturated rings. The molecule has 0 heterocycles. The van der Waals surface area contributed by atoms with Crippen molar-refractivity contribution in [1.82, 2.24) is 15.1 Å². The lowest BCUT2D eigenvalue weighted by molar-refractivity contribution is 0.192. The summed E-state index contributed by atoms with van der Waals surface area (Å²) in [4.78, 5) is 4.79. The quantitative estimate of drug-likeness (QED) is 0.726. The summed E-state index contributed by atoms with van der Waals surface area (Å²) in [5.74, 6) is 0. The van der Waals surface area contributed by atoms with Crippen molar-refractivity contribution in [3.05, 3.63) is 0 Å². The Kier molecular flexibility index (Phi) is 6.78. The molecule has 110 valence electrons. The highest BCUT2D eigenvalue weighted by Gasteiger charge is 2.40. The van der Waals surface area contributed by atoms with Gasteiger partial charge in [0.1, 0.15) is 5.54 Å². The average molecular weight is 266 g/mol. The maximum Gasteiger partial charge on any atom is 0.108 e. The summed E-state index contributed by atoms with van der Waals surface area (Å²) in [7, 11) is 4.25. The molecule has 1 saturated carbocycles. The Morgan fingerprint density at radius 3 is 2.58 bits per heavy atom. The molecule has 0 spiro atoms. The normalized spacial score (nSPS) is 27.1. The molecule has 4 heteroatoms. The van der Waals surface area contributed by atoms with Gasteiger partial charge in [0.15, 0.2) is 0 Å². The van der Waals surface area contributed by atoms with Crippen LogP contribution >= 0.6 is 0 Å². The fourth-order valence-corrected chi connectivity index (χ4v) is 3.16. The van der Waals surface area contributed by atoms with Gasteiger partial charge in [-0.3, -0.25) is 5.32 Å². The van der Waals surface area contributed by atoms with Crippen LogP contribution in [-0.4, -0.2) is 61.7 Å². The van der Waals surface area contributed by atoms with Crippen LogP contribution in [0.1, 0.15) is 39.5 Å². The lowest BCUT2D eigenvalue weighted by Crippen LogP contribution is -2.44. The molecular formula is C15H30N4. The summed E-state index contributed by atoms with van der Waals surface area (Å²) in [6.45, 7) is 8.57. The third-order valence-corrected chi connectivity index (χ3v) is 4.19. The van der Waals surface area contributed by atoms with Crippen LogP contribution in [0.5, 0.6) is 0 Å². The van der Waals surface area contributed by atoms with Gasteiger partial charge < -0.3 is 9.80 Å². The highest BCUT2D eigenvalue weighted by Crippen LogP contribution is 2.32. The summed E-state index contributed by atoms with van der Waals surface area (Å²) >= 11 is 0. The molecule has 1 rings (SSSR count). The van der Waals surface area contributed by atoms with Crippen molar-refractivity contribution in [3.8, 4) is 6.07 Å². The number of nitrogens with one attached hydrogen (secondary N) is 1. The second-order valence-electron chi connectivity index (χ2n) is 5.91. The van der Waals surface area contributed by atoms with E-state index in [0.29, 0.717) is 6.04 Å². The highest BCUT2D eigenvalue weighted by molar-refractivity contribution is 5.13. The molecule has 0 aromatic rings. The first-order chi connectivity index (χ1) is 9.06. The van der Waals surface area contributed by atoms with Crippen LogP contribution in [0, 0.1) is 11.3 Å². The second-order valence-corrected chi connectivity index (χ2v) is 5.91. The van der Waals surface area contributed by atoms with Crippen LogP contribution in [0.25, 0.3) is 0 Å². The minimum atomic E-state index is -0.269. The second kappa shape index (κ2) is 7.84. The van der Waals surface area contributed by atoms with Gasteiger partial charge in [-0.2, -0.15) is 5.26 Å². The van der Waals surface area contributed by atoms with Gasteiger partial charge in [0.25, 0.3) is 0 Å². The van der Waals surface area contributed by atoms with E-state index >= 15 is 0 Å². The zero-order chi connectivity index (χ0) is 14.3. The maximum absolute atomic E-state index is 9.43. The van der Waals surface area contributed by atoms with Crippen molar-refractivity contribution in [2.45, 2.75) is 51.1 Å². The molecule has 2 atom stereocenters. The third kappa shape index (κ3) is 4.76. The first kappa shape index (κ1) is 16.4. The van der Waals surface area contributed by atoms with Gasteiger partial charge in [-0.25, -0.2) is 0 Å². The number of rotatable bonds is 8. The summed E-state index contributed by atoms with van der Waals surface area (Å²) < 4.78 is 0. The number of hydrogen-bond donors (Lipinski definition) is 1. The standard InChI is InChI=1S/C15H30N4/c1-5-17-15(13-16)9-8-14(12-15)19(6-2)11-7-10-18(3)4/h14,17H,5-12H2,1-4H3. The van der Waals surface area contributed by atoms with E-state index in [-0.39, 0.29) is 5.54 Å². The Balaban J connectivity index is 2.48. The minimum absolute atomic E-state index is 0.269. The molecule has 1 N–H and O–H groups in total. The summed E-state index contributed by atoms with van der Waals surface area (Å²) in [5.41, 5.74) is -0.269. The third-order valence-electron chi connectivity index (χ3n) is 4.19. The van der Waals surface area contributed by atoms with Gasteiger partial charge in [0.2, 0.25) is 0 Å². The Morgan fingerprint density at radius 1 is 1.32 bits per heavy atom. The first-order valence-corrected chi connectivity index (χ1v) is 7.62. The van der Waals surface area contributed by atoms with Crippen molar-refractivity contribution in [1.29, 1.82) is 5.26 Å². The van der Waals surface area contributed by atoms with E-state index in [9.17, 15) is 5.26 Å². The number of nitriles is 1. The van der Waals surface area contributed by atoms with Crippen LogP contribution in [0.15, 0.2) is 0 Å². The summed E-state index contributed by atoms with van der Waals surface area (Å²) in [5, 5.41) is 12.8. The predicted molar refractivity (Wildman–Crippen MR) is 80.1 cm³/mol. The fraction of sp³-hybridized carbons (Fsp3) is 0.933. The lowest BCUT2D eigenvalue weighted by Gasteiger charge is -2.29. The van der Waals surface area contributed by atoms with Crippen LogP contribution in [0.2, 0.25) is 0 Å².